The fourth-order valence-electron chi connectivity index (χ4n) is 1.06. The normalized spacial score (nSPS) is 18.7. The van der Waals surface area contributed by atoms with E-state index in [2.05, 4.69) is 0 Å². The van der Waals surface area contributed by atoms with E-state index in [-0.39, 0.29) is 23.8 Å². The molecule has 1 aliphatic heterocycles. The molecule has 1 rings (SSSR count). The molecule has 0 aromatic heterocycles. The highest BCUT2D eigenvalue weighted by Gasteiger charge is 2.29. The summed E-state index contributed by atoms with van der Waals surface area (Å²) in [6.07, 6.45) is 0. The van der Waals surface area contributed by atoms with Crippen molar-refractivity contribution in [2.24, 2.45) is 0 Å². The molecule has 0 atom stereocenters. The molecule has 1 aliphatic rings. The number of carbonyl (C=O) groups excluding carboxylic acids is 2. The zero-order chi connectivity index (χ0) is 11.4. The summed E-state index contributed by atoms with van der Waals surface area (Å²) in [4.78, 5) is 23.9. The number of hydrogen-bond donors (Lipinski definition) is 0. The van der Waals surface area contributed by atoms with E-state index < -0.39 is 5.97 Å². The van der Waals surface area contributed by atoms with Crippen molar-refractivity contribution in [3.05, 3.63) is 10.6 Å². The van der Waals surface area contributed by atoms with Gasteiger partial charge in [0.05, 0.1) is 12.4 Å². The lowest BCUT2D eigenvalue weighted by molar-refractivity contribution is -0.138. The second-order valence-corrected chi connectivity index (χ2v) is 3.72. The van der Waals surface area contributed by atoms with Crippen LogP contribution in [0.5, 0.6) is 0 Å². The minimum Gasteiger partial charge on any atom is -0.462 e. The number of rotatable bonds is 2. The molecule has 1 saturated heterocycles. The first kappa shape index (κ1) is 11.6. The van der Waals surface area contributed by atoms with Gasteiger partial charge in [-0.2, -0.15) is 5.26 Å². The predicted octanol–water partition coefficient (Wildman–Crippen LogP) is 0.490. The molecule has 0 aliphatic carbocycles. The fraction of sp³-hybridized carbons (Fsp3) is 0.444. The molecule has 15 heavy (non-hydrogen) atoms. The molecule has 1 fully saturated rings. The Morgan fingerprint density at radius 1 is 1.73 bits per heavy atom. The van der Waals surface area contributed by atoms with Crippen LogP contribution in [0.25, 0.3) is 0 Å². The lowest BCUT2D eigenvalue weighted by Gasteiger charge is -2.10. The van der Waals surface area contributed by atoms with Gasteiger partial charge in [-0.3, -0.25) is 4.79 Å². The van der Waals surface area contributed by atoms with E-state index in [9.17, 15) is 9.59 Å². The fourth-order valence-corrected chi connectivity index (χ4v) is 2.08. The lowest BCUT2D eigenvalue weighted by atomic mass is 10.3. The van der Waals surface area contributed by atoms with Crippen molar-refractivity contribution in [3.63, 3.8) is 0 Å². The van der Waals surface area contributed by atoms with E-state index in [4.69, 9.17) is 10.00 Å². The minimum atomic E-state index is -0.677. The van der Waals surface area contributed by atoms with Gasteiger partial charge in [-0.25, -0.2) is 4.79 Å². The largest absolute Gasteiger partial charge is 0.462 e. The maximum Gasteiger partial charge on any atom is 0.351 e. The zero-order valence-corrected chi connectivity index (χ0v) is 9.26. The third kappa shape index (κ3) is 2.30. The Bertz CT molecular complexity index is 370. The van der Waals surface area contributed by atoms with Crippen molar-refractivity contribution in [1.82, 2.24) is 4.90 Å². The Hall–Kier alpha value is -1.48. The first-order chi connectivity index (χ1) is 7.11. The highest BCUT2D eigenvalue weighted by atomic mass is 32.2. The zero-order valence-electron chi connectivity index (χ0n) is 8.44. The number of ether oxygens (including phenoxy) is 1. The van der Waals surface area contributed by atoms with Crippen molar-refractivity contribution >= 4 is 23.6 Å². The number of nitriles is 1. The molecule has 0 unspecified atom stereocenters. The van der Waals surface area contributed by atoms with Crippen LogP contribution in [0.2, 0.25) is 0 Å². The number of thioether (sulfide) groups is 1. The van der Waals surface area contributed by atoms with Crippen LogP contribution >= 0.6 is 11.8 Å². The van der Waals surface area contributed by atoms with Gasteiger partial charge in [0, 0.05) is 7.05 Å². The third-order valence-electron chi connectivity index (χ3n) is 1.82. The number of carbonyl (C=O) groups is 2. The van der Waals surface area contributed by atoms with Crippen molar-refractivity contribution in [2.75, 3.05) is 19.4 Å². The van der Waals surface area contributed by atoms with Gasteiger partial charge in [-0.1, -0.05) is 11.8 Å². The Morgan fingerprint density at radius 2 is 2.40 bits per heavy atom. The van der Waals surface area contributed by atoms with Gasteiger partial charge >= 0.3 is 5.97 Å². The van der Waals surface area contributed by atoms with Gasteiger partial charge in [0.2, 0.25) is 5.91 Å². The third-order valence-corrected chi connectivity index (χ3v) is 2.96. The maximum atomic E-state index is 11.4. The smallest absolute Gasteiger partial charge is 0.351 e. The van der Waals surface area contributed by atoms with E-state index >= 15 is 0 Å². The molecule has 0 spiro atoms. The Balaban J connectivity index is 3.00. The molecule has 80 valence electrons. The van der Waals surface area contributed by atoms with Crippen LogP contribution in [-0.2, 0) is 14.3 Å². The van der Waals surface area contributed by atoms with E-state index in [0.29, 0.717) is 5.03 Å². The second-order valence-electron chi connectivity index (χ2n) is 2.75. The Labute approximate surface area is 91.7 Å². The summed E-state index contributed by atoms with van der Waals surface area (Å²) in [5, 5.41) is 9.20. The van der Waals surface area contributed by atoms with Crippen molar-refractivity contribution in [3.8, 4) is 6.07 Å². The van der Waals surface area contributed by atoms with Crippen LogP contribution in [-0.4, -0.2) is 36.2 Å². The lowest BCUT2D eigenvalue weighted by Crippen LogP contribution is -2.21. The minimum absolute atomic E-state index is 0.102. The van der Waals surface area contributed by atoms with E-state index in [0.717, 1.165) is 0 Å². The molecule has 0 N–H and O–H groups in total. The number of hydrogen-bond acceptors (Lipinski definition) is 5. The Morgan fingerprint density at radius 3 is 2.80 bits per heavy atom. The molecule has 0 saturated carbocycles. The molecular weight excluding hydrogens is 216 g/mol. The van der Waals surface area contributed by atoms with Crippen LogP contribution in [0, 0.1) is 11.3 Å². The summed E-state index contributed by atoms with van der Waals surface area (Å²) in [5.41, 5.74) is -0.102. The number of esters is 1. The van der Waals surface area contributed by atoms with Crippen molar-refractivity contribution < 1.29 is 14.3 Å². The van der Waals surface area contributed by atoms with E-state index in [1.165, 1.54) is 23.7 Å². The molecule has 1 heterocycles. The highest BCUT2D eigenvalue weighted by Crippen LogP contribution is 2.30. The molecule has 1 amide bonds. The summed E-state index contributed by atoms with van der Waals surface area (Å²) in [6, 6.07) is 1.77. The summed E-state index contributed by atoms with van der Waals surface area (Å²) in [6.45, 7) is 1.87. The van der Waals surface area contributed by atoms with Gasteiger partial charge in [0.15, 0.2) is 5.57 Å². The van der Waals surface area contributed by atoms with E-state index in [1.54, 1.807) is 13.0 Å². The van der Waals surface area contributed by atoms with Crippen LogP contribution in [0.3, 0.4) is 0 Å². The first-order valence-electron chi connectivity index (χ1n) is 4.32. The van der Waals surface area contributed by atoms with Gasteiger partial charge in [0.25, 0.3) is 0 Å². The predicted molar refractivity (Wildman–Crippen MR) is 54.5 cm³/mol. The van der Waals surface area contributed by atoms with Crippen LogP contribution < -0.4 is 0 Å². The second kappa shape index (κ2) is 4.84. The van der Waals surface area contributed by atoms with Crippen LogP contribution in [0.1, 0.15) is 6.92 Å². The summed E-state index contributed by atoms with van der Waals surface area (Å²) < 4.78 is 4.72. The SMILES string of the molecule is CCOC(=O)C(C#N)=C1SCC(=O)N1C. The summed E-state index contributed by atoms with van der Waals surface area (Å²) in [5.74, 6) is -0.535. The van der Waals surface area contributed by atoms with Gasteiger partial charge in [0.1, 0.15) is 11.1 Å². The van der Waals surface area contributed by atoms with Crippen LogP contribution in [0.4, 0.5) is 0 Å². The average Bonchev–Trinajstić information content (AvgIpc) is 2.51. The molecular formula is C9H10N2O3S. The van der Waals surface area contributed by atoms with Gasteiger partial charge < -0.3 is 9.64 Å². The molecule has 6 heteroatoms. The maximum absolute atomic E-state index is 11.4. The molecule has 0 radical (unpaired) electrons. The Kier molecular flexibility index (Phi) is 3.74. The molecule has 5 nitrogen and oxygen atoms in total. The summed E-state index contributed by atoms with van der Waals surface area (Å²) >= 11 is 1.18. The topological polar surface area (TPSA) is 70.4 Å². The van der Waals surface area contributed by atoms with Crippen molar-refractivity contribution in [1.29, 1.82) is 5.26 Å². The van der Waals surface area contributed by atoms with Gasteiger partial charge in [-0.15, -0.1) is 0 Å². The number of amides is 1. The molecule has 0 aromatic rings. The molecule has 0 bridgehead atoms. The van der Waals surface area contributed by atoms with Crippen LogP contribution in [0.15, 0.2) is 10.6 Å². The number of nitrogens with zero attached hydrogens (tertiary/aromatic N) is 2. The standard InChI is InChI=1S/C9H10N2O3S/c1-3-14-9(13)6(4-10)8-11(2)7(12)5-15-8/h3,5H2,1-2H3. The van der Waals surface area contributed by atoms with Crippen molar-refractivity contribution in [2.45, 2.75) is 6.92 Å². The molecule has 0 aromatic carbocycles. The quantitative estimate of drug-likeness (QED) is 0.389. The summed E-state index contributed by atoms with van der Waals surface area (Å²) in [7, 11) is 1.54. The monoisotopic (exact) mass is 226 g/mol. The highest BCUT2D eigenvalue weighted by molar-refractivity contribution is 8.04. The van der Waals surface area contributed by atoms with E-state index in [1.807, 2.05) is 0 Å². The first-order valence-corrected chi connectivity index (χ1v) is 5.31. The van der Waals surface area contributed by atoms with Gasteiger partial charge in [-0.05, 0) is 6.92 Å². The average molecular weight is 226 g/mol.